The molecule has 27 heavy (non-hydrogen) atoms. The first-order chi connectivity index (χ1) is 13.0. The number of ether oxygens (including phenoxy) is 1. The molecule has 1 unspecified atom stereocenters. The molecule has 1 heterocycles. The van der Waals surface area contributed by atoms with Gasteiger partial charge in [-0.1, -0.05) is 36.4 Å². The zero-order chi connectivity index (χ0) is 19.3. The van der Waals surface area contributed by atoms with E-state index in [9.17, 15) is 18.0 Å². The second kappa shape index (κ2) is 8.22. The van der Waals surface area contributed by atoms with Gasteiger partial charge in [-0.05, 0) is 24.3 Å². The molecule has 0 saturated carbocycles. The Morgan fingerprint density at radius 1 is 1.07 bits per heavy atom. The minimum Gasteiger partial charge on any atom is -0.442 e. The summed E-state index contributed by atoms with van der Waals surface area (Å²) < 4.78 is 29.6. The Morgan fingerprint density at radius 2 is 1.70 bits per heavy atom. The number of hydrogen-bond acceptors (Lipinski definition) is 5. The van der Waals surface area contributed by atoms with Gasteiger partial charge >= 0.3 is 6.09 Å². The first-order valence-corrected chi connectivity index (χ1v) is 10.2. The van der Waals surface area contributed by atoms with Crippen molar-refractivity contribution in [2.45, 2.75) is 17.4 Å². The minimum absolute atomic E-state index is 0.138. The number of carbonyl (C=O) groups excluding carboxylic acids is 2. The van der Waals surface area contributed by atoms with Crippen LogP contribution in [0.5, 0.6) is 0 Å². The molecule has 1 aliphatic heterocycles. The predicted octanol–water partition coefficient (Wildman–Crippen LogP) is 1.99. The van der Waals surface area contributed by atoms with E-state index in [1.807, 2.05) is 18.2 Å². The number of nitrogens with one attached hydrogen (secondary N) is 1. The number of para-hydroxylation sites is 1. The zero-order valence-corrected chi connectivity index (χ0v) is 15.4. The molecule has 1 N–H and O–H groups in total. The fourth-order valence-electron chi connectivity index (χ4n) is 2.74. The van der Waals surface area contributed by atoms with Gasteiger partial charge < -0.3 is 10.1 Å². The van der Waals surface area contributed by atoms with E-state index in [1.165, 1.54) is 17.0 Å². The van der Waals surface area contributed by atoms with E-state index in [1.54, 1.807) is 30.3 Å². The van der Waals surface area contributed by atoms with Crippen molar-refractivity contribution in [3.05, 3.63) is 60.7 Å². The molecule has 1 atom stereocenters. The predicted molar refractivity (Wildman–Crippen MR) is 100 cm³/mol. The standard InChI is InChI=1S/C19H20N2O5S/c22-18(11-12-27(24,25)17-9-5-2-6-10-17)20-13-16-14-21(19(23)26-16)15-7-3-1-4-8-15/h1-10,16H,11-14H2,(H,20,22). The van der Waals surface area contributed by atoms with E-state index < -0.39 is 27.9 Å². The minimum atomic E-state index is -3.50. The summed E-state index contributed by atoms with van der Waals surface area (Å²) in [6.07, 6.45) is -1.10. The van der Waals surface area contributed by atoms with Crippen LogP contribution in [0.25, 0.3) is 0 Å². The lowest BCUT2D eigenvalue weighted by Gasteiger charge is -2.12. The summed E-state index contributed by atoms with van der Waals surface area (Å²) in [5, 5.41) is 2.63. The molecule has 2 aromatic rings. The van der Waals surface area contributed by atoms with Crippen molar-refractivity contribution in [2.24, 2.45) is 0 Å². The number of sulfone groups is 1. The summed E-state index contributed by atoms with van der Waals surface area (Å²) in [5.41, 5.74) is 0.727. The number of benzene rings is 2. The first kappa shape index (κ1) is 18.9. The number of amides is 2. The van der Waals surface area contributed by atoms with Crippen molar-refractivity contribution in [1.29, 1.82) is 0 Å². The second-order valence-electron chi connectivity index (χ2n) is 6.14. The lowest BCUT2D eigenvalue weighted by molar-refractivity contribution is -0.121. The topological polar surface area (TPSA) is 92.8 Å². The van der Waals surface area contributed by atoms with Crippen LogP contribution in [0.1, 0.15) is 6.42 Å². The van der Waals surface area contributed by atoms with Crippen molar-refractivity contribution in [3.8, 4) is 0 Å². The molecular formula is C19H20N2O5S. The summed E-state index contributed by atoms with van der Waals surface area (Å²) in [7, 11) is -3.50. The van der Waals surface area contributed by atoms with Crippen LogP contribution in [0.3, 0.4) is 0 Å². The molecule has 2 aromatic carbocycles. The maximum absolute atomic E-state index is 12.2. The van der Waals surface area contributed by atoms with Gasteiger partial charge in [0.1, 0.15) is 6.10 Å². The Kier molecular flexibility index (Phi) is 5.75. The summed E-state index contributed by atoms with van der Waals surface area (Å²) in [5.74, 6) is -0.674. The summed E-state index contributed by atoms with van der Waals surface area (Å²) in [4.78, 5) is 25.6. The van der Waals surface area contributed by atoms with Crippen LogP contribution in [-0.2, 0) is 19.4 Å². The quantitative estimate of drug-likeness (QED) is 0.783. The molecule has 0 spiro atoms. The van der Waals surface area contributed by atoms with Gasteiger partial charge in [-0.2, -0.15) is 0 Å². The monoisotopic (exact) mass is 388 g/mol. The number of nitrogens with zero attached hydrogens (tertiary/aromatic N) is 1. The van der Waals surface area contributed by atoms with Crippen LogP contribution in [0, 0.1) is 0 Å². The molecule has 142 valence electrons. The highest BCUT2D eigenvalue weighted by Gasteiger charge is 2.32. The van der Waals surface area contributed by atoms with Crippen LogP contribution < -0.4 is 10.2 Å². The average Bonchev–Trinajstić information content (AvgIpc) is 3.07. The van der Waals surface area contributed by atoms with E-state index in [-0.39, 0.29) is 23.6 Å². The Hall–Kier alpha value is -2.87. The lowest BCUT2D eigenvalue weighted by atomic mass is 10.2. The maximum Gasteiger partial charge on any atom is 0.414 e. The van der Waals surface area contributed by atoms with Gasteiger partial charge in [0.2, 0.25) is 5.91 Å². The zero-order valence-electron chi connectivity index (χ0n) is 14.6. The normalized spacial score (nSPS) is 16.8. The van der Waals surface area contributed by atoms with Crippen molar-refractivity contribution in [1.82, 2.24) is 5.32 Å². The largest absolute Gasteiger partial charge is 0.442 e. The maximum atomic E-state index is 12.2. The summed E-state index contributed by atoms with van der Waals surface area (Å²) in [6.45, 7) is 0.463. The van der Waals surface area contributed by atoms with Gasteiger partial charge in [-0.15, -0.1) is 0 Å². The van der Waals surface area contributed by atoms with Crippen LogP contribution in [0.2, 0.25) is 0 Å². The summed E-state index contributed by atoms with van der Waals surface area (Å²) in [6, 6.07) is 17.1. The van der Waals surface area contributed by atoms with Gasteiger partial charge in [-0.3, -0.25) is 9.69 Å². The van der Waals surface area contributed by atoms with Gasteiger partial charge in [0, 0.05) is 12.1 Å². The Morgan fingerprint density at radius 3 is 2.37 bits per heavy atom. The molecule has 0 bridgehead atoms. The Balaban J connectivity index is 1.47. The van der Waals surface area contributed by atoms with E-state index in [0.29, 0.717) is 6.54 Å². The molecule has 2 amide bonds. The van der Waals surface area contributed by atoms with Crippen LogP contribution >= 0.6 is 0 Å². The van der Waals surface area contributed by atoms with Crippen LogP contribution in [0.15, 0.2) is 65.6 Å². The molecular weight excluding hydrogens is 368 g/mol. The van der Waals surface area contributed by atoms with Crippen LogP contribution in [-0.4, -0.2) is 45.4 Å². The third-order valence-corrected chi connectivity index (χ3v) is 5.90. The molecule has 1 saturated heterocycles. The van der Waals surface area contributed by atoms with Gasteiger partial charge in [0.05, 0.1) is 23.7 Å². The van der Waals surface area contributed by atoms with Crippen molar-refractivity contribution >= 4 is 27.5 Å². The molecule has 3 rings (SSSR count). The first-order valence-electron chi connectivity index (χ1n) is 8.53. The smallest absolute Gasteiger partial charge is 0.414 e. The number of cyclic esters (lactones) is 1. The van der Waals surface area contributed by atoms with E-state index in [4.69, 9.17) is 4.74 Å². The van der Waals surface area contributed by atoms with Gasteiger partial charge in [-0.25, -0.2) is 13.2 Å². The highest BCUT2D eigenvalue weighted by Crippen LogP contribution is 2.20. The number of anilines is 1. The molecule has 8 heteroatoms. The third-order valence-electron chi connectivity index (χ3n) is 4.17. The number of rotatable bonds is 7. The van der Waals surface area contributed by atoms with Crippen molar-refractivity contribution in [3.63, 3.8) is 0 Å². The molecule has 0 aromatic heterocycles. The fourth-order valence-corrected chi connectivity index (χ4v) is 4.00. The van der Waals surface area contributed by atoms with Gasteiger partial charge in [0.25, 0.3) is 0 Å². The molecule has 0 aliphatic carbocycles. The second-order valence-corrected chi connectivity index (χ2v) is 8.25. The van der Waals surface area contributed by atoms with E-state index in [2.05, 4.69) is 5.32 Å². The van der Waals surface area contributed by atoms with Crippen molar-refractivity contribution < 1.29 is 22.7 Å². The average molecular weight is 388 g/mol. The number of carbonyl (C=O) groups is 2. The van der Waals surface area contributed by atoms with Gasteiger partial charge in [0.15, 0.2) is 9.84 Å². The van der Waals surface area contributed by atoms with Crippen molar-refractivity contribution in [2.75, 3.05) is 23.7 Å². The highest BCUT2D eigenvalue weighted by atomic mass is 32.2. The molecule has 7 nitrogen and oxygen atoms in total. The molecule has 1 aliphatic rings. The molecule has 0 radical (unpaired) electrons. The number of hydrogen-bond donors (Lipinski definition) is 1. The van der Waals surface area contributed by atoms with E-state index in [0.717, 1.165) is 5.69 Å². The SMILES string of the molecule is O=C(CCS(=O)(=O)c1ccccc1)NCC1CN(c2ccccc2)C(=O)O1. The summed E-state index contributed by atoms with van der Waals surface area (Å²) >= 11 is 0. The Bertz CT molecular complexity index is 900. The lowest BCUT2D eigenvalue weighted by Crippen LogP contribution is -2.35. The van der Waals surface area contributed by atoms with Crippen LogP contribution in [0.4, 0.5) is 10.5 Å². The van der Waals surface area contributed by atoms with E-state index >= 15 is 0 Å². The Labute approximate surface area is 157 Å². The fraction of sp³-hybridized carbons (Fsp3) is 0.263. The highest BCUT2D eigenvalue weighted by molar-refractivity contribution is 7.91. The third kappa shape index (κ3) is 4.85. The molecule has 1 fully saturated rings.